The zero-order valence-corrected chi connectivity index (χ0v) is 13.3. The number of ether oxygens (including phenoxy) is 1. The number of aromatic hydroxyl groups is 1. The molecule has 0 spiro atoms. The summed E-state index contributed by atoms with van der Waals surface area (Å²) in [5.74, 6) is 1.76. The first-order valence-electron chi connectivity index (χ1n) is 7.61. The summed E-state index contributed by atoms with van der Waals surface area (Å²) in [7, 11) is 0. The lowest BCUT2D eigenvalue weighted by Crippen LogP contribution is -2.46. The third-order valence-electron chi connectivity index (χ3n) is 4.09. The standard InChI is InChI=1S/C17H16N2O3S/c20-11-2-4-12(5-3-11)22-14-6-7-18-13-10-15(23-16(13)14)17(21)19-8-1-9-19/h2-7,15,20H,1,8-10H2. The van der Waals surface area contributed by atoms with E-state index in [9.17, 15) is 9.90 Å². The monoisotopic (exact) mass is 328 g/mol. The molecule has 1 fully saturated rings. The number of carbonyl (C=O) groups excluding carboxylic acids is 1. The Morgan fingerprint density at radius 1 is 1.26 bits per heavy atom. The second kappa shape index (κ2) is 5.77. The molecule has 1 aromatic heterocycles. The highest BCUT2D eigenvalue weighted by atomic mass is 32.2. The molecule has 1 N–H and O–H groups in total. The van der Waals surface area contributed by atoms with E-state index in [1.54, 1.807) is 42.2 Å². The van der Waals surface area contributed by atoms with Gasteiger partial charge in [0.25, 0.3) is 0 Å². The minimum atomic E-state index is -0.0950. The number of phenols is 1. The number of carbonyl (C=O) groups is 1. The fraction of sp³-hybridized carbons (Fsp3) is 0.294. The molecule has 1 saturated heterocycles. The third kappa shape index (κ3) is 2.74. The average molecular weight is 328 g/mol. The molecule has 2 aliphatic heterocycles. The van der Waals surface area contributed by atoms with Gasteiger partial charge >= 0.3 is 0 Å². The molecule has 3 heterocycles. The Morgan fingerprint density at radius 2 is 2.04 bits per heavy atom. The van der Waals surface area contributed by atoms with E-state index < -0.39 is 0 Å². The molecule has 1 aromatic carbocycles. The van der Waals surface area contributed by atoms with Gasteiger partial charge in [-0.15, -0.1) is 11.8 Å². The molecule has 118 valence electrons. The number of benzene rings is 1. The summed E-state index contributed by atoms with van der Waals surface area (Å²) in [5, 5.41) is 9.25. The Bertz CT molecular complexity index is 744. The number of thioether (sulfide) groups is 1. The summed E-state index contributed by atoms with van der Waals surface area (Å²) in [6.07, 6.45) is 3.47. The van der Waals surface area contributed by atoms with Gasteiger partial charge in [-0.2, -0.15) is 0 Å². The van der Waals surface area contributed by atoms with Crippen molar-refractivity contribution in [3.8, 4) is 17.2 Å². The summed E-state index contributed by atoms with van der Waals surface area (Å²) in [6.45, 7) is 1.74. The summed E-state index contributed by atoms with van der Waals surface area (Å²) in [5.41, 5.74) is 0.921. The maximum Gasteiger partial charge on any atom is 0.236 e. The van der Waals surface area contributed by atoms with E-state index in [2.05, 4.69) is 4.98 Å². The number of rotatable bonds is 3. The maximum atomic E-state index is 12.4. The lowest BCUT2D eigenvalue weighted by molar-refractivity contribution is -0.133. The molecule has 0 bridgehead atoms. The first-order valence-corrected chi connectivity index (χ1v) is 8.49. The molecule has 2 aliphatic rings. The van der Waals surface area contributed by atoms with Gasteiger partial charge in [0.05, 0.1) is 15.8 Å². The fourth-order valence-electron chi connectivity index (χ4n) is 2.70. The van der Waals surface area contributed by atoms with E-state index in [1.165, 1.54) is 0 Å². The number of amides is 1. The maximum absolute atomic E-state index is 12.4. The van der Waals surface area contributed by atoms with Crippen LogP contribution in [0.5, 0.6) is 17.2 Å². The van der Waals surface area contributed by atoms with E-state index in [1.807, 2.05) is 11.0 Å². The Kier molecular flexibility index (Phi) is 3.61. The van der Waals surface area contributed by atoms with Crippen LogP contribution in [0, 0.1) is 0 Å². The highest BCUT2D eigenvalue weighted by Gasteiger charge is 2.35. The Morgan fingerprint density at radius 3 is 2.74 bits per heavy atom. The van der Waals surface area contributed by atoms with Crippen LogP contribution in [-0.2, 0) is 11.2 Å². The molecular formula is C17H16N2O3S. The summed E-state index contributed by atoms with van der Waals surface area (Å²) >= 11 is 1.54. The molecule has 5 nitrogen and oxygen atoms in total. The Balaban J connectivity index is 1.54. The predicted octanol–water partition coefficient (Wildman–Crippen LogP) is 2.83. The largest absolute Gasteiger partial charge is 0.508 e. The van der Waals surface area contributed by atoms with Crippen LogP contribution in [0.2, 0.25) is 0 Å². The Labute approximate surface area is 138 Å². The number of hydrogen-bond acceptors (Lipinski definition) is 5. The molecule has 2 aromatic rings. The van der Waals surface area contributed by atoms with Gasteiger partial charge in [0, 0.05) is 31.8 Å². The zero-order chi connectivity index (χ0) is 15.8. The topological polar surface area (TPSA) is 62.7 Å². The van der Waals surface area contributed by atoms with Gasteiger partial charge in [-0.25, -0.2) is 0 Å². The highest BCUT2D eigenvalue weighted by Crippen LogP contribution is 2.44. The van der Waals surface area contributed by atoms with Crippen molar-refractivity contribution in [1.82, 2.24) is 9.88 Å². The highest BCUT2D eigenvalue weighted by molar-refractivity contribution is 8.01. The van der Waals surface area contributed by atoms with Gasteiger partial charge in [-0.3, -0.25) is 9.78 Å². The molecule has 6 heteroatoms. The number of hydrogen-bond donors (Lipinski definition) is 1. The molecule has 1 amide bonds. The number of aromatic nitrogens is 1. The second-order valence-electron chi connectivity index (χ2n) is 5.67. The van der Waals surface area contributed by atoms with E-state index >= 15 is 0 Å². The van der Waals surface area contributed by atoms with E-state index in [0.717, 1.165) is 30.1 Å². The SMILES string of the molecule is O=C(C1Cc2nccc(Oc3ccc(O)cc3)c2S1)N1CCC1. The van der Waals surface area contributed by atoms with Crippen LogP contribution in [0.4, 0.5) is 0 Å². The van der Waals surface area contributed by atoms with Gasteiger partial charge in [-0.1, -0.05) is 0 Å². The molecule has 1 unspecified atom stereocenters. The van der Waals surface area contributed by atoms with Gasteiger partial charge in [0.15, 0.2) is 0 Å². The van der Waals surface area contributed by atoms with E-state index in [4.69, 9.17) is 4.74 Å². The zero-order valence-electron chi connectivity index (χ0n) is 12.4. The van der Waals surface area contributed by atoms with Crippen LogP contribution in [0.3, 0.4) is 0 Å². The molecule has 4 rings (SSSR count). The molecule has 0 saturated carbocycles. The van der Waals surface area contributed by atoms with Crippen molar-refractivity contribution in [2.24, 2.45) is 0 Å². The molecule has 23 heavy (non-hydrogen) atoms. The molecule has 0 aliphatic carbocycles. The van der Waals surface area contributed by atoms with Crippen molar-refractivity contribution in [2.45, 2.75) is 23.0 Å². The molecule has 1 atom stereocenters. The number of phenolic OH excluding ortho intramolecular Hbond substituents is 1. The average Bonchev–Trinajstić information content (AvgIpc) is 2.93. The van der Waals surface area contributed by atoms with Gasteiger partial charge < -0.3 is 14.7 Å². The third-order valence-corrected chi connectivity index (χ3v) is 5.41. The summed E-state index contributed by atoms with van der Waals surface area (Å²) in [6, 6.07) is 8.41. The number of pyridine rings is 1. The van der Waals surface area contributed by atoms with E-state index in [0.29, 0.717) is 17.9 Å². The second-order valence-corrected chi connectivity index (χ2v) is 6.88. The van der Waals surface area contributed by atoms with Gasteiger partial charge in [0.2, 0.25) is 5.91 Å². The summed E-state index contributed by atoms with van der Waals surface area (Å²) < 4.78 is 5.91. The fourth-order valence-corrected chi connectivity index (χ4v) is 3.98. The molecule has 0 radical (unpaired) electrons. The van der Waals surface area contributed by atoms with Crippen LogP contribution >= 0.6 is 11.8 Å². The van der Waals surface area contributed by atoms with E-state index in [-0.39, 0.29) is 16.9 Å². The smallest absolute Gasteiger partial charge is 0.236 e. The summed E-state index contributed by atoms with van der Waals surface area (Å²) in [4.78, 5) is 19.7. The van der Waals surface area contributed by atoms with Crippen molar-refractivity contribution in [3.05, 3.63) is 42.2 Å². The first kappa shape index (κ1) is 14.4. The van der Waals surface area contributed by atoms with Crippen LogP contribution < -0.4 is 4.74 Å². The van der Waals surface area contributed by atoms with Crippen molar-refractivity contribution < 1.29 is 14.6 Å². The minimum absolute atomic E-state index is 0.0950. The predicted molar refractivity (Wildman–Crippen MR) is 87.0 cm³/mol. The van der Waals surface area contributed by atoms with Gasteiger partial charge in [0.1, 0.15) is 17.2 Å². The quantitative estimate of drug-likeness (QED) is 0.939. The van der Waals surface area contributed by atoms with Crippen molar-refractivity contribution in [3.63, 3.8) is 0 Å². The lowest BCUT2D eigenvalue weighted by Gasteiger charge is -2.32. The van der Waals surface area contributed by atoms with Gasteiger partial charge in [-0.05, 0) is 30.7 Å². The normalized spacial score (nSPS) is 19.1. The number of likely N-dealkylation sites (tertiary alicyclic amines) is 1. The first-order chi connectivity index (χ1) is 11.2. The van der Waals surface area contributed by atoms with Crippen LogP contribution in [0.15, 0.2) is 41.4 Å². The van der Waals surface area contributed by atoms with Crippen molar-refractivity contribution in [2.75, 3.05) is 13.1 Å². The van der Waals surface area contributed by atoms with Crippen molar-refractivity contribution >= 4 is 17.7 Å². The minimum Gasteiger partial charge on any atom is -0.508 e. The van der Waals surface area contributed by atoms with Crippen molar-refractivity contribution in [1.29, 1.82) is 0 Å². The lowest BCUT2D eigenvalue weighted by atomic mass is 10.1. The molecular weight excluding hydrogens is 312 g/mol. The van der Waals surface area contributed by atoms with Crippen LogP contribution in [-0.4, -0.2) is 39.2 Å². The van der Waals surface area contributed by atoms with Crippen LogP contribution in [0.1, 0.15) is 12.1 Å². The van der Waals surface area contributed by atoms with Crippen LogP contribution in [0.25, 0.3) is 0 Å². The number of fused-ring (bicyclic) bond motifs is 1. The number of nitrogens with zero attached hydrogens (tertiary/aromatic N) is 2. The Hall–Kier alpha value is -2.21.